The standard InChI is InChI=1S/C15H13ClF3N3O2/c16-9-3-4-12(23)10(5-9)20-14(24)7-22-11(8-1-2-8)6-13(21-22)15(17,18)19/h3-6,8,23H,1-2,7H2,(H,20,24). The highest BCUT2D eigenvalue weighted by Crippen LogP contribution is 2.42. The van der Waals surface area contributed by atoms with Crippen molar-refractivity contribution >= 4 is 23.2 Å². The molecule has 0 bridgehead atoms. The Bertz CT molecular complexity index is 785. The van der Waals surface area contributed by atoms with Crippen LogP contribution in [0.1, 0.15) is 30.1 Å². The van der Waals surface area contributed by atoms with Gasteiger partial charge in [0.25, 0.3) is 0 Å². The summed E-state index contributed by atoms with van der Waals surface area (Å²) in [7, 11) is 0. The van der Waals surface area contributed by atoms with Gasteiger partial charge < -0.3 is 10.4 Å². The van der Waals surface area contributed by atoms with Crippen molar-refractivity contribution in [3.05, 3.63) is 40.7 Å². The molecule has 1 aromatic carbocycles. The van der Waals surface area contributed by atoms with Gasteiger partial charge in [0, 0.05) is 16.6 Å². The Kier molecular flexibility index (Phi) is 4.16. The molecule has 1 aromatic heterocycles. The normalized spacial score (nSPS) is 14.7. The number of amides is 1. The first-order valence-corrected chi connectivity index (χ1v) is 7.55. The van der Waals surface area contributed by atoms with E-state index >= 15 is 0 Å². The van der Waals surface area contributed by atoms with E-state index in [0.29, 0.717) is 10.7 Å². The number of aromatic hydroxyl groups is 1. The summed E-state index contributed by atoms with van der Waals surface area (Å²) < 4.78 is 39.5. The van der Waals surface area contributed by atoms with Gasteiger partial charge in [-0.3, -0.25) is 9.48 Å². The third kappa shape index (κ3) is 3.64. The second kappa shape index (κ2) is 6.01. The number of aromatic nitrogens is 2. The lowest BCUT2D eigenvalue weighted by molar-refractivity contribution is -0.141. The average Bonchev–Trinajstić information content (AvgIpc) is 3.23. The zero-order valence-electron chi connectivity index (χ0n) is 12.3. The molecule has 0 radical (unpaired) electrons. The van der Waals surface area contributed by atoms with Crippen molar-refractivity contribution in [2.75, 3.05) is 5.32 Å². The van der Waals surface area contributed by atoms with Crippen molar-refractivity contribution in [2.24, 2.45) is 0 Å². The Morgan fingerprint density at radius 1 is 1.38 bits per heavy atom. The molecule has 0 spiro atoms. The van der Waals surface area contributed by atoms with Gasteiger partial charge in [-0.15, -0.1) is 0 Å². The van der Waals surface area contributed by atoms with E-state index in [-0.39, 0.29) is 23.9 Å². The molecule has 1 fully saturated rings. The van der Waals surface area contributed by atoms with E-state index in [1.54, 1.807) is 0 Å². The molecule has 1 aliphatic rings. The van der Waals surface area contributed by atoms with Crippen molar-refractivity contribution in [3.63, 3.8) is 0 Å². The number of nitrogens with one attached hydrogen (secondary N) is 1. The van der Waals surface area contributed by atoms with E-state index in [1.807, 2.05) is 0 Å². The van der Waals surface area contributed by atoms with Crippen LogP contribution in [0.25, 0.3) is 0 Å². The number of phenols is 1. The van der Waals surface area contributed by atoms with Crippen LogP contribution < -0.4 is 5.32 Å². The fraction of sp³-hybridized carbons (Fsp3) is 0.333. The maximum Gasteiger partial charge on any atom is 0.435 e. The molecule has 1 aliphatic carbocycles. The van der Waals surface area contributed by atoms with Crippen molar-refractivity contribution in [2.45, 2.75) is 31.5 Å². The van der Waals surface area contributed by atoms with Gasteiger partial charge in [-0.25, -0.2) is 0 Å². The number of nitrogens with zero attached hydrogens (tertiary/aromatic N) is 2. The topological polar surface area (TPSA) is 67.2 Å². The molecule has 2 aromatic rings. The predicted octanol–water partition coefficient (Wildman–Crippen LogP) is 3.78. The highest BCUT2D eigenvalue weighted by Gasteiger charge is 2.38. The third-order valence-corrected chi connectivity index (χ3v) is 3.86. The fourth-order valence-electron chi connectivity index (χ4n) is 2.34. The van der Waals surface area contributed by atoms with Crippen molar-refractivity contribution in [1.29, 1.82) is 0 Å². The van der Waals surface area contributed by atoms with Crippen LogP contribution in [0.15, 0.2) is 24.3 Å². The van der Waals surface area contributed by atoms with Crippen LogP contribution in [0.5, 0.6) is 5.75 Å². The number of hydrogen-bond donors (Lipinski definition) is 2. The van der Waals surface area contributed by atoms with Crippen LogP contribution in [0.2, 0.25) is 5.02 Å². The minimum Gasteiger partial charge on any atom is -0.506 e. The number of halogens is 4. The monoisotopic (exact) mass is 359 g/mol. The summed E-state index contributed by atoms with van der Waals surface area (Å²) in [6.45, 7) is -0.381. The number of anilines is 1. The summed E-state index contributed by atoms with van der Waals surface area (Å²) in [6.07, 6.45) is -3.00. The summed E-state index contributed by atoms with van der Waals surface area (Å²) in [6, 6.07) is 5.09. The lowest BCUT2D eigenvalue weighted by atomic mass is 10.2. The molecular formula is C15H13ClF3N3O2. The first kappa shape index (κ1) is 16.6. The van der Waals surface area contributed by atoms with Crippen LogP contribution in [0.3, 0.4) is 0 Å². The van der Waals surface area contributed by atoms with Crippen molar-refractivity contribution < 1.29 is 23.1 Å². The highest BCUT2D eigenvalue weighted by molar-refractivity contribution is 6.31. The number of benzene rings is 1. The Labute approximate surface area is 140 Å². The number of carbonyl (C=O) groups excluding carboxylic acids is 1. The molecule has 2 N–H and O–H groups in total. The van der Waals surface area contributed by atoms with E-state index in [0.717, 1.165) is 23.6 Å². The van der Waals surface area contributed by atoms with Crippen LogP contribution in [0.4, 0.5) is 18.9 Å². The predicted molar refractivity (Wildman–Crippen MR) is 81.0 cm³/mol. The Balaban J connectivity index is 1.79. The number of carbonyl (C=O) groups is 1. The molecule has 1 amide bonds. The van der Waals surface area contributed by atoms with Gasteiger partial charge in [0.05, 0.1) is 5.69 Å². The van der Waals surface area contributed by atoms with Crippen molar-refractivity contribution in [1.82, 2.24) is 9.78 Å². The summed E-state index contributed by atoms with van der Waals surface area (Å²) >= 11 is 5.78. The summed E-state index contributed by atoms with van der Waals surface area (Å²) in [5, 5.41) is 15.9. The lowest BCUT2D eigenvalue weighted by Gasteiger charge is -2.09. The molecule has 0 atom stereocenters. The van der Waals surface area contributed by atoms with Crippen molar-refractivity contribution in [3.8, 4) is 5.75 Å². The summed E-state index contributed by atoms with van der Waals surface area (Å²) in [5.74, 6) is -0.793. The van der Waals surface area contributed by atoms with Gasteiger partial charge in [0.15, 0.2) is 5.69 Å². The average molecular weight is 360 g/mol. The number of phenolic OH excluding ortho intramolecular Hbond substituents is 1. The molecule has 1 heterocycles. The minimum atomic E-state index is -4.56. The van der Waals surface area contributed by atoms with Gasteiger partial charge in [-0.05, 0) is 37.1 Å². The van der Waals surface area contributed by atoms with Gasteiger partial charge in [0.1, 0.15) is 12.3 Å². The Hall–Kier alpha value is -2.22. The molecule has 24 heavy (non-hydrogen) atoms. The van der Waals surface area contributed by atoms with Gasteiger partial charge in [0.2, 0.25) is 5.91 Å². The van der Waals surface area contributed by atoms with Crippen LogP contribution in [-0.2, 0) is 17.5 Å². The SMILES string of the molecule is O=C(Cn1nc(C(F)(F)F)cc1C1CC1)Nc1cc(Cl)ccc1O. The molecule has 128 valence electrons. The van der Waals surface area contributed by atoms with Crippen LogP contribution in [0, 0.1) is 0 Å². The fourth-order valence-corrected chi connectivity index (χ4v) is 2.51. The summed E-state index contributed by atoms with van der Waals surface area (Å²) in [5.41, 5.74) is -0.528. The second-order valence-corrected chi connectivity index (χ2v) is 6.03. The molecule has 0 saturated heterocycles. The molecule has 0 unspecified atom stereocenters. The largest absolute Gasteiger partial charge is 0.506 e. The van der Waals surface area contributed by atoms with Crippen LogP contribution in [-0.4, -0.2) is 20.8 Å². The molecule has 3 rings (SSSR count). The maximum absolute atomic E-state index is 12.8. The highest BCUT2D eigenvalue weighted by atomic mass is 35.5. The lowest BCUT2D eigenvalue weighted by Crippen LogP contribution is -2.21. The minimum absolute atomic E-state index is 0.000900. The molecule has 0 aliphatic heterocycles. The van der Waals surface area contributed by atoms with Gasteiger partial charge in [-0.2, -0.15) is 18.3 Å². The number of rotatable bonds is 4. The smallest absolute Gasteiger partial charge is 0.435 e. The van der Waals surface area contributed by atoms with Gasteiger partial charge >= 0.3 is 6.18 Å². The van der Waals surface area contributed by atoms with E-state index in [4.69, 9.17) is 11.6 Å². The molecule has 1 saturated carbocycles. The van der Waals surface area contributed by atoms with E-state index in [9.17, 15) is 23.1 Å². The van der Waals surface area contributed by atoms with Gasteiger partial charge in [-0.1, -0.05) is 11.6 Å². The van der Waals surface area contributed by atoms with Crippen LogP contribution >= 0.6 is 11.6 Å². The molecule has 5 nitrogen and oxygen atoms in total. The van der Waals surface area contributed by atoms with E-state index in [2.05, 4.69) is 10.4 Å². The molecular weight excluding hydrogens is 347 g/mol. The summed E-state index contributed by atoms with van der Waals surface area (Å²) in [4.78, 5) is 12.1. The Morgan fingerprint density at radius 2 is 2.08 bits per heavy atom. The van der Waals surface area contributed by atoms with E-state index in [1.165, 1.54) is 18.2 Å². The first-order chi connectivity index (χ1) is 11.2. The maximum atomic E-state index is 12.8. The molecule has 9 heteroatoms. The second-order valence-electron chi connectivity index (χ2n) is 5.59. The number of hydrogen-bond acceptors (Lipinski definition) is 3. The Morgan fingerprint density at radius 3 is 2.71 bits per heavy atom. The number of alkyl halides is 3. The third-order valence-electron chi connectivity index (χ3n) is 3.62. The zero-order chi connectivity index (χ0) is 17.5. The zero-order valence-corrected chi connectivity index (χ0v) is 13.0. The quantitative estimate of drug-likeness (QED) is 0.816. The van der Waals surface area contributed by atoms with E-state index < -0.39 is 17.8 Å². The first-order valence-electron chi connectivity index (χ1n) is 7.17.